The molecule has 0 amide bonds. The fourth-order valence-corrected chi connectivity index (χ4v) is 6.08. The Bertz CT molecular complexity index is 1490. The van der Waals surface area contributed by atoms with Gasteiger partial charge in [0, 0.05) is 44.6 Å². The van der Waals surface area contributed by atoms with Crippen LogP contribution in [0, 0.1) is 23.4 Å². The first-order valence-corrected chi connectivity index (χ1v) is 14.7. The molecule has 2 fully saturated rings. The molecule has 220 valence electrons. The molecule has 0 bridgehead atoms. The number of benzene rings is 1. The lowest BCUT2D eigenvalue weighted by Gasteiger charge is -2.26. The van der Waals surface area contributed by atoms with Gasteiger partial charge in [-0.05, 0) is 49.9 Å². The van der Waals surface area contributed by atoms with Crippen LogP contribution in [0.1, 0.15) is 25.7 Å². The number of nitrogens with zero attached hydrogens (tertiary/aromatic N) is 4. The summed E-state index contributed by atoms with van der Waals surface area (Å²) < 4.78 is 92.2. The molecule has 0 aliphatic carbocycles. The smallest absolute Gasteiger partial charge is 0.301 e. The number of halogens is 4. The van der Waals surface area contributed by atoms with E-state index in [0.717, 1.165) is 10.7 Å². The third-order valence-corrected chi connectivity index (χ3v) is 8.36. The Labute approximate surface area is 234 Å². The minimum atomic E-state index is -4.29. The van der Waals surface area contributed by atoms with E-state index in [4.69, 9.17) is 4.74 Å². The van der Waals surface area contributed by atoms with Crippen molar-refractivity contribution in [2.45, 2.75) is 31.9 Å². The van der Waals surface area contributed by atoms with Crippen molar-refractivity contribution in [3.8, 4) is 22.9 Å². The summed E-state index contributed by atoms with van der Waals surface area (Å²) in [6.07, 6.45) is 4.38. The summed E-state index contributed by atoms with van der Waals surface area (Å²) in [5.74, 6) is -5.45. The van der Waals surface area contributed by atoms with Crippen molar-refractivity contribution in [1.82, 2.24) is 24.6 Å². The minimum Gasteiger partial charge on any atom is -0.435 e. The van der Waals surface area contributed by atoms with Crippen LogP contribution in [0.2, 0.25) is 0 Å². The van der Waals surface area contributed by atoms with Crippen LogP contribution in [0.15, 0.2) is 36.7 Å². The molecular formula is C26H29F4N7O3S. The van der Waals surface area contributed by atoms with Gasteiger partial charge in [-0.2, -0.15) is 17.1 Å². The van der Waals surface area contributed by atoms with Crippen molar-refractivity contribution in [2.24, 2.45) is 5.92 Å². The standard InChI is InChI=1S/C26H29F4N7O3S/c27-17-11-16(13-31-15-17)14-34-26-33-8-6-20(35-26)18-5-4-7-32-25(18)40-21-12-19(28)24(23(30)22(21)29)36-41(38,39)37-9-2-1-3-10-37/h4-8,12,16-17,31,36H,1-3,9-11,13-15H2,(H,33,34,35)/t16?,17-/m0/s1. The predicted molar refractivity (Wildman–Crippen MR) is 144 cm³/mol. The van der Waals surface area contributed by atoms with Gasteiger partial charge >= 0.3 is 10.2 Å². The molecule has 2 atom stereocenters. The summed E-state index contributed by atoms with van der Waals surface area (Å²) in [6, 6.07) is 5.24. The van der Waals surface area contributed by atoms with Crippen molar-refractivity contribution in [3.63, 3.8) is 0 Å². The van der Waals surface area contributed by atoms with Gasteiger partial charge in [-0.25, -0.2) is 28.1 Å². The van der Waals surface area contributed by atoms with Gasteiger partial charge in [-0.3, -0.25) is 4.72 Å². The second kappa shape index (κ2) is 12.5. The topological polar surface area (TPSA) is 121 Å². The molecule has 2 aliphatic heterocycles. The van der Waals surface area contributed by atoms with Gasteiger partial charge in [0.25, 0.3) is 0 Å². The Morgan fingerprint density at radius 1 is 1.05 bits per heavy atom. The molecule has 2 saturated heterocycles. The van der Waals surface area contributed by atoms with Crippen LogP contribution in [0.5, 0.6) is 11.6 Å². The average molecular weight is 596 g/mol. The van der Waals surface area contributed by atoms with Crippen molar-refractivity contribution >= 4 is 21.8 Å². The first kappa shape index (κ1) is 29.0. The molecule has 10 nitrogen and oxygen atoms in total. The molecule has 0 spiro atoms. The van der Waals surface area contributed by atoms with Crippen molar-refractivity contribution in [3.05, 3.63) is 54.1 Å². The lowest BCUT2D eigenvalue weighted by atomic mass is 9.98. The number of piperidine rings is 2. The highest BCUT2D eigenvalue weighted by Gasteiger charge is 2.29. The molecule has 4 heterocycles. The number of pyridine rings is 1. The molecule has 3 aromatic rings. The molecule has 41 heavy (non-hydrogen) atoms. The van der Waals surface area contributed by atoms with Gasteiger partial charge in [0.2, 0.25) is 17.6 Å². The molecule has 0 radical (unpaired) electrons. The Balaban J connectivity index is 1.35. The van der Waals surface area contributed by atoms with Crippen LogP contribution >= 0.6 is 0 Å². The molecule has 2 aromatic heterocycles. The monoisotopic (exact) mass is 595 g/mol. The van der Waals surface area contributed by atoms with Crippen LogP contribution in [-0.4, -0.2) is 66.6 Å². The lowest BCUT2D eigenvalue weighted by molar-refractivity contribution is 0.220. The fraction of sp³-hybridized carbons (Fsp3) is 0.423. The summed E-state index contributed by atoms with van der Waals surface area (Å²) in [4.78, 5) is 12.7. The van der Waals surface area contributed by atoms with Crippen LogP contribution in [-0.2, 0) is 10.2 Å². The normalized spacial score (nSPS) is 20.0. The van der Waals surface area contributed by atoms with E-state index < -0.39 is 45.3 Å². The second-order valence-electron chi connectivity index (χ2n) is 9.89. The largest absolute Gasteiger partial charge is 0.435 e. The summed E-state index contributed by atoms with van der Waals surface area (Å²) in [5, 5.41) is 6.11. The maximum absolute atomic E-state index is 15.0. The van der Waals surface area contributed by atoms with E-state index in [-0.39, 0.29) is 36.4 Å². The first-order valence-electron chi connectivity index (χ1n) is 13.2. The Kier molecular flexibility index (Phi) is 8.85. The summed E-state index contributed by atoms with van der Waals surface area (Å²) >= 11 is 0. The van der Waals surface area contributed by atoms with E-state index in [9.17, 15) is 21.6 Å². The number of rotatable bonds is 9. The Morgan fingerprint density at radius 2 is 1.85 bits per heavy atom. The van der Waals surface area contributed by atoms with E-state index in [0.29, 0.717) is 50.7 Å². The third-order valence-electron chi connectivity index (χ3n) is 6.86. The van der Waals surface area contributed by atoms with E-state index >= 15 is 4.39 Å². The van der Waals surface area contributed by atoms with Gasteiger partial charge in [0.1, 0.15) is 11.9 Å². The van der Waals surface area contributed by atoms with Gasteiger partial charge < -0.3 is 15.4 Å². The summed E-state index contributed by atoms with van der Waals surface area (Å²) in [7, 11) is -4.29. The van der Waals surface area contributed by atoms with Crippen LogP contribution in [0.25, 0.3) is 11.3 Å². The van der Waals surface area contributed by atoms with Crippen molar-refractivity contribution < 1.29 is 30.7 Å². The molecule has 3 N–H and O–H groups in total. The first-order chi connectivity index (χ1) is 19.7. The molecule has 2 aliphatic rings. The maximum atomic E-state index is 15.0. The van der Waals surface area contributed by atoms with E-state index in [1.54, 1.807) is 18.2 Å². The SMILES string of the molecule is O=S(=O)(Nc1c(F)cc(Oc2ncccc2-c2ccnc(NCC3CNC[C@@H](F)C3)n2)c(F)c1F)N1CCCCC1. The lowest BCUT2D eigenvalue weighted by Crippen LogP contribution is -2.40. The molecule has 0 saturated carbocycles. The van der Waals surface area contributed by atoms with Crippen molar-refractivity contribution in [2.75, 3.05) is 42.8 Å². The summed E-state index contributed by atoms with van der Waals surface area (Å²) in [6.45, 7) is 1.81. The molecular weight excluding hydrogens is 566 g/mol. The molecule has 1 unspecified atom stereocenters. The van der Waals surface area contributed by atoms with Gasteiger partial charge in [0.15, 0.2) is 17.4 Å². The third kappa shape index (κ3) is 6.85. The number of nitrogens with one attached hydrogen (secondary N) is 3. The number of alkyl halides is 1. The Morgan fingerprint density at radius 3 is 2.63 bits per heavy atom. The highest BCUT2D eigenvalue weighted by atomic mass is 32.2. The Hall–Kier alpha value is -3.56. The number of hydrogen-bond acceptors (Lipinski definition) is 8. The van der Waals surface area contributed by atoms with E-state index in [2.05, 4.69) is 25.6 Å². The van der Waals surface area contributed by atoms with Gasteiger partial charge in [-0.15, -0.1) is 0 Å². The number of aromatic nitrogens is 3. The van der Waals surface area contributed by atoms with Crippen LogP contribution in [0.3, 0.4) is 0 Å². The summed E-state index contributed by atoms with van der Waals surface area (Å²) in [5.41, 5.74) is -0.542. The highest BCUT2D eigenvalue weighted by Crippen LogP contribution is 2.36. The minimum absolute atomic E-state index is 0.0448. The zero-order valence-corrected chi connectivity index (χ0v) is 22.7. The quantitative estimate of drug-likeness (QED) is 0.248. The highest BCUT2D eigenvalue weighted by molar-refractivity contribution is 7.90. The fourth-order valence-electron chi connectivity index (χ4n) is 4.77. The number of ether oxygens (including phenoxy) is 1. The number of anilines is 2. The maximum Gasteiger partial charge on any atom is 0.301 e. The molecule has 15 heteroatoms. The van der Waals surface area contributed by atoms with Crippen molar-refractivity contribution in [1.29, 1.82) is 0 Å². The average Bonchev–Trinajstić information content (AvgIpc) is 2.98. The van der Waals surface area contributed by atoms with E-state index in [1.807, 2.05) is 4.72 Å². The predicted octanol–water partition coefficient (Wildman–Crippen LogP) is 4.25. The zero-order chi connectivity index (χ0) is 29.0. The van der Waals surface area contributed by atoms with E-state index in [1.165, 1.54) is 12.4 Å². The molecule has 1 aromatic carbocycles. The number of hydrogen-bond donors (Lipinski definition) is 3. The van der Waals surface area contributed by atoms with Gasteiger partial charge in [0.05, 0.1) is 11.3 Å². The van der Waals surface area contributed by atoms with Crippen LogP contribution in [0.4, 0.5) is 29.2 Å². The zero-order valence-electron chi connectivity index (χ0n) is 21.9. The molecule has 5 rings (SSSR count). The second-order valence-corrected chi connectivity index (χ2v) is 11.6. The van der Waals surface area contributed by atoms with Crippen LogP contribution < -0.4 is 20.1 Å². The van der Waals surface area contributed by atoms with Gasteiger partial charge in [-0.1, -0.05) is 6.42 Å².